The highest BCUT2D eigenvalue weighted by Gasteiger charge is 2.19. The van der Waals surface area contributed by atoms with Crippen molar-refractivity contribution in [3.05, 3.63) is 96.9 Å². The number of nitrogens with two attached hydrogens (primary N) is 1. The molecule has 2 heterocycles. The van der Waals surface area contributed by atoms with Gasteiger partial charge in [0.2, 0.25) is 5.95 Å². The standard InChI is InChI=1S/C20H13BrF2N6O3/c21-12-7-25-19(26-8-12)29(24)18(31)11-4-10(5-13(22)6-11)9-28-15-3-1-2-14(23)16(15)17(30)27-20(28)32/h1-8H,9,24H2,(H,27,30,32). The molecule has 162 valence electrons. The molecule has 0 bridgehead atoms. The number of fused-ring (bicyclic) bond motifs is 1. The first-order valence-corrected chi connectivity index (χ1v) is 9.81. The molecule has 3 N–H and O–H groups in total. The van der Waals surface area contributed by atoms with Crippen LogP contribution in [-0.4, -0.2) is 25.4 Å². The van der Waals surface area contributed by atoms with E-state index in [0.29, 0.717) is 9.48 Å². The average Bonchev–Trinajstić information content (AvgIpc) is 2.75. The highest BCUT2D eigenvalue weighted by molar-refractivity contribution is 9.10. The summed E-state index contributed by atoms with van der Waals surface area (Å²) in [6.07, 6.45) is 2.78. The molecular weight excluding hydrogens is 490 g/mol. The molecule has 0 atom stereocenters. The Bertz CT molecular complexity index is 1470. The Balaban J connectivity index is 1.74. The van der Waals surface area contributed by atoms with E-state index in [9.17, 15) is 23.2 Å². The van der Waals surface area contributed by atoms with Gasteiger partial charge in [-0.3, -0.25) is 19.1 Å². The number of hydrazine groups is 1. The lowest BCUT2D eigenvalue weighted by Crippen LogP contribution is -2.39. The summed E-state index contributed by atoms with van der Waals surface area (Å²) in [4.78, 5) is 47.0. The van der Waals surface area contributed by atoms with E-state index in [1.165, 1.54) is 30.6 Å². The van der Waals surface area contributed by atoms with Crippen molar-refractivity contribution in [1.29, 1.82) is 0 Å². The van der Waals surface area contributed by atoms with Gasteiger partial charge < -0.3 is 0 Å². The topological polar surface area (TPSA) is 127 Å². The number of halogens is 3. The Morgan fingerprint density at radius 2 is 1.88 bits per heavy atom. The first kappa shape index (κ1) is 21.5. The van der Waals surface area contributed by atoms with Crippen molar-refractivity contribution in [3.8, 4) is 0 Å². The smallest absolute Gasteiger partial charge is 0.289 e. The Kier molecular flexibility index (Phi) is 5.63. The molecule has 0 saturated carbocycles. The van der Waals surface area contributed by atoms with Gasteiger partial charge >= 0.3 is 5.69 Å². The van der Waals surface area contributed by atoms with E-state index in [1.54, 1.807) is 0 Å². The maximum Gasteiger partial charge on any atom is 0.329 e. The van der Waals surface area contributed by atoms with Crippen molar-refractivity contribution in [2.24, 2.45) is 5.84 Å². The fraction of sp³-hybridized carbons (Fsp3) is 0.0500. The summed E-state index contributed by atoms with van der Waals surface area (Å²) in [5.41, 5.74) is -1.57. The maximum absolute atomic E-state index is 14.3. The van der Waals surface area contributed by atoms with Gasteiger partial charge in [-0.25, -0.2) is 34.4 Å². The van der Waals surface area contributed by atoms with Crippen molar-refractivity contribution in [3.63, 3.8) is 0 Å². The van der Waals surface area contributed by atoms with E-state index in [4.69, 9.17) is 5.84 Å². The predicted octanol–water partition coefficient (Wildman–Crippen LogP) is 2.09. The number of hydrogen-bond donors (Lipinski definition) is 2. The summed E-state index contributed by atoms with van der Waals surface area (Å²) in [5, 5.41) is 0.349. The van der Waals surface area contributed by atoms with Crippen molar-refractivity contribution >= 4 is 38.7 Å². The van der Waals surface area contributed by atoms with E-state index in [0.717, 1.165) is 22.8 Å². The Labute approximate surface area is 186 Å². The molecule has 0 unspecified atom stereocenters. The van der Waals surface area contributed by atoms with Gasteiger partial charge in [-0.15, -0.1) is 0 Å². The zero-order chi connectivity index (χ0) is 23.0. The Hall–Kier alpha value is -3.77. The Morgan fingerprint density at radius 1 is 1.16 bits per heavy atom. The molecule has 0 aliphatic carbocycles. The number of aromatic amines is 1. The van der Waals surface area contributed by atoms with Gasteiger partial charge in [0.05, 0.1) is 21.9 Å². The maximum atomic E-state index is 14.3. The van der Waals surface area contributed by atoms with E-state index >= 15 is 0 Å². The molecule has 9 nitrogen and oxygen atoms in total. The number of carbonyl (C=O) groups excluding carboxylic acids is 1. The van der Waals surface area contributed by atoms with E-state index < -0.39 is 28.8 Å². The monoisotopic (exact) mass is 502 g/mol. The van der Waals surface area contributed by atoms with Crippen LogP contribution in [0, 0.1) is 11.6 Å². The summed E-state index contributed by atoms with van der Waals surface area (Å²) >= 11 is 3.17. The number of anilines is 1. The number of H-pyrrole nitrogens is 1. The summed E-state index contributed by atoms with van der Waals surface area (Å²) in [6.45, 7) is -0.243. The number of benzene rings is 2. The van der Waals surface area contributed by atoms with Gasteiger partial charge in [-0.2, -0.15) is 0 Å². The highest BCUT2D eigenvalue weighted by Crippen LogP contribution is 2.17. The fourth-order valence-electron chi connectivity index (χ4n) is 3.16. The molecular formula is C20H13BrF2N6O3. The lowest BCUT2D eigenvalue weighted by Gasteiger charge is -2.15. The lowest BCUT2D eigenvalue weighted by molar-refractivity contribution is 0.0984. The number of carbonyl (C=O) groups is 1. The molecule has 0 fully saturated rings. The van der Waals surface area contributed by atoms with Crippen molar-refractivity contribution in [1.82, 2.24) is 19.5 Å². The molecule has 4 aromatic rings. The molecule has 4 rings (SSSR count). The van der Waals surface area contributed by atoms with Crippen LogP contribution in [0.25, 0.3) is 10.9 Å². The van der Waals surface area contributed by atoms with Crippen LogP contribution in [0.3, 0.4) is 0 Å². The van der Waals surface area contributed by atoms with Gasteiger partial charge in [-0.1, -0.05) is 6.07 Å². The molecule has 0 aliphatic heterocycles. The van der Waals surface area contributed by atoms with Gasteiger partial charge in [0.15, 0.2) is 0 Å². The molecule has 32 heavy (non-hydrogen) atoms. The van der Waals surface area contributed by atoms with Crippen LogP contribution in [0.5, 0.6) is 0 Å². The summed E-state index contributed by atoms with van der Waals surface area (Å²) in [5.74, 6) is 3.32. The fourth-order valence-corrected chi connectivity index (χ4v) is 3.37. The van der Waals surface area contributed by atoms with Crippen molar-refractivity contribution in [2.75, 3.05) is 5.01 Å². The Morgan fingerprint density at radius 3 is 2.59 bits per heavy atom. The van der Waals surface area contributed by atoms with Gasteiger partial charge in [0, 0.05) is 18.0 Å². The number of nitrogens with zero attached hydrogens (tertiary/aromatic N) is 4. The molecule has 1 amide bonds. The third-order valence-electron chi connectivity index (χ3n) is 4.56. The molecule has 0 spiro atoms. The molecule has 0 aliphatic rings. The largest absolute Gasteiger partial charge is 0.329 e. The summed E-state index contributed by atoms with van der Waals surface area (Å²) < 4.78 is 30.1. The zero-order valence-corrected chi connectivity index (χ0v) is 17.6. The summed E-state index contributed by atoms with van der Waals surface area (Å²) in [7, 11) is 0. The van der Waals surface area contributed by atoms with Crippen LogP contribution in [0.15, 0.2) is 62.9 Å². The number of rotatable bonds is 4. The average molecular weight is 503 g/mol. The third-order valence-corrected chi connectivity index (χ3v) is 4.97. The minimum atomic E-state index is -0.872. The lowest BCUT2D eigenvalue weighted by atomic mass is 10.1. The quantitative estimate of drug-likeness (QED) is 0.250. The number of amides is 1. The molecule has 2 aromatic carbocycles. The number of hydrogen-bond acceptors (Lipinski definition) is 6. The van der Waals surface area contributed by atoms with Crippen LogP contribution in [0.1, 0.15) is 15.9 Å². The SMILES string of the molecule is NN(C(=O)c1cc(F)cc(Cn2c(=O)[nH]c(=O)c3c(F)cccc32)c1)c1ncc(Br)cn1. The third kappa shape index (κ3) is 4.05. The minimum Gasteiger partial charge on any atom is -0.289 e. The van der Waals surface area contributed by atoms with Crippen LogP contribution >= 0.6 is 15.9 Å². The molecule has 0 saturated heterocycles. The zero-order valence-electron chi connectivity index (χ0n) is 16.1. The predicted molar refractivity (Wildman–Crippen MR) is 115 cm³/mol. The van der Waals surface area contributed by atoms with Crippen LogP contribution in [-0.2, 0) is 6.54 Å². The second kappa shape index (κ2) is 8.40. The van der Waals surface area contributed by atoms with Crippen LogP contribution in [0.2, 0.25) is 0 Å². The van der Waals surface area contributed by atoms with E-state index in [-0.39, 0.29) is 34.5 Å². The highest BCUT2D eigenvalue weighted by atomic mass is 79.9. The van der Waals surface area contributed by atoms with Crippen molar-refractivity contribution in [2.45, 2.75) is 6.54 Å². The molecule has 12 heteroatoms. The first-order chi connectivity index (χ1) is 15.2. The second-order valence-electron chi connectivity index (χ2n) is 6.70. The van der Waals surface area contributed by atoms with E-state index in [1.807, 2.05) is 4.98 Å². The number of nitrogens with one attached hydrogen (secondary N) is 1. The van der Waals surface area contributed by atoms with E-state index in [2.05, 4.69) is 25.9 Å². The molecule has 0 radical (unpaired) electrons. The second-order valence-corrected chi connectivity index (χ2v) is 7.62. The minimum absolute atomic E-state index is 0.0274. The normalized spacial score (nSPS) is 11.0. The van der Waals surface area contributed by atoms with Crippen LogP contribution < -0.4 is 22.1 Å². The van der Waals surface area contributed by atoms with Crippen LogP contribution in [0.4, 0.5) is 14.7 Å². The van der Waals surface area contributed by atoms with Gasteiger partial charge in [-0.05, 0) is 51.8 Å². The molecule has 2 aromatic heterocycles. The number of aromatic nitrogens is 4. The first-order valence-electron chi connectivity index (χ1n) is 9.02. The van der Waals surface area contributed by atoms with Gasteiger partial charge in [0.25, 0.3) is 11.5 Å². The van der Waals surface area contributed by atoms with Gasteiger partial charge in [0.1, 0.15) is 11.6 Å². The van der Waals surface area contributed by atoms with Crippen molar-refractivity contribution < 1.29 is 13.6 Å². The summed E-state index contributed by atoms with van der Waals surface area (Å²) in [6, 6.07) is 7.23.